The van der Waals surface area contributed by atoms with E-state index in [4.69, 9.17) is 9.47 Å². The number of nitrogens with zero attached hydrogens (tertiary/aromatic N) is 2. The molecule has 2 fully saturated rings. The second-order valence-corrected chi connectivity index (χ2v) is 7.17. The van der Waals surface area contributed by atoms with Gasteiger partial charge in [-0.15, -0.1) is 0 Å². The summed E-state index contributed by atoms with van der Waals surface area (Å²) >= 11 is 1.90. The Bertz CT molecular complexity index is 692. The number of hydrogen-bond donors (Lipinski definition) is 3. The molecule has 1 amide bonds. The average molecular weight is 451 g/mol. The van der Waals surface area contributed by atoms with E-state index in [1.165, 1.54) is 6.20 Å². The summed E-state index contributed by atoms with van der Waals surface area (Å²) < 4.78 is 12.0. The molecule has 2 heterocycles. The highest BCUT2D eigenvalue weighted by Crippen LogP contribution is 2.30. The van der Waals surface area contributed by atoms with Crippen LogP contribution in [0.1, 0.15) is 26.0 Å². The molecule has 1 aromatic heterocycles. The maximum absolute atomic E-state index is 12.2. The third-order valence-corrected chi connectivity index (χ3v) is 4.82. The van der Waals surface area contributed by atoms with Crippen LogP contribution in [-0.2, 0) is 9.47 Å². The number of aliphatic hydroxyl groups is 2. The number of aliphatic hydroxyl groups excluding tert-OH is 2. The largest absolute Gasteiger partial charge is 0.449 e. The molecule has 3 rings (SSSR count). The van der Waals surface area contributed by atoms with Crippen LogP contribution < -0.4 is 11.0 Å². The van der Waals surface area contributed by atoms with Crippen LogP contribution in [0.3, 0.4) is 0 Å². The summed E-state index contributed by atoms with van der Waals surface area (Å²) in [7, 11) is 0. The number of amides is 1. The highest BCUT2D eigenvalue weighted by atomic mass is 127. The van der Waals surface area contributed by atoms with Crippen LogP contribution in [0.5, 0.6) is 0 Å². The fraction of sp³-hybridized carbons (Fsp3) is 0.643. The maximum atomic E-state index is 12.2. The minimum atomic E-state index is -1.24. The second-order valence-electron chi connectivity index (χ2n) is 6.01. The van der Waals surface area contributed by atoms with E-state index in [9.17, 15) is 19.8 Å². The van der Waals surface area contributed by atoms with E-state index in [-0.39, 0.29) is 5.82 Å². The summed E-state index contributed by atoms with van der Waals surface area (Å²) in [4.78, 5) is 27.7. The molecule has 3 N–H and O–H groups in total. The molecule has 0 radical (unpaired) electrons. The smallest absolute Gasteiger partial charge is 0.412 e. The van der Waals surface area contributed by atoms with Crippen LogP contribution in [0, 0.1) is 9.49 Å². The molecule has 1 aromatic rings. The van der Waals surface area contributed by atoms with Gasteiger partial charge in [0.05, 0.1) is 16.3 Å². The van der Waals surface area contributed by atoms with Crippen molar-refractivity contribution < 1.29 is 24.5 Å². The lowest BCUT2D eigenvalue weighted by molar-refractivity contribution is -0.0351. The predicted octanol–water partition coefficient (Wildman–Crippen LogP) is 0.445. The number of ether oxygens (including phenoxy) is 2. The van der Waals surface area contributed by atoms with Crippen molar-refractivity contribution in [1.82, 2.24) is 9.55 Å². The number of carbonyl (C=O) groups excluding carboxylic acids is 1. The zero-order chi connectivity index (χ0) is 17.4. The Morgan fingerprint density at radius 1 is 1.50 bits per heavy atom. The van der Waals surface area contributed by atoms with Crippen LogP contribution in [0.25, 0.3) is 0 Å². The van der Waals surface area contributed by atoms with Gasteiger partial charge in [0.1, 0.15) is 12.2 Å². The fourth-order valence-corrected chi connectivity index (χ4v) is 2.94. The highest BCUT2D eigenvalue weighted by molar-refractivity contribution is 14.1. The first-order chi connectivity index (χ1) is 11.4. The standard InChI is InChI=1S/C14H18IN3O6/c1-6-9(19)10(20)12(24-6)18-4-8(15)11(16-13(18)21)17-14(22)23-5-7-2-3-7/h4,6-7,9-10,12,19-20H,2-3,5H2,1H3,(H,16,17,21,22)/t6-,9?,10?,12-/m1/s1. The molecule has 1 aliphatic carbocycles. The minimum Gasteiger partial charge on any atom is -0.449 e. The molecule has 0 bridgehead atoms. The zero-order valence-electron chi connectivity index (χ0n) is 12.9. The number of anilines is 1. The average Bonchev–Trinajstić information content (AvgIpc) is 3.33. The summed E-state index contributed by atoms with van der Waals surface area (Å²) in [5.41, 5.74) is -0.710. The van der Waals surface area contributed by atoms with E-state index < -0.39 is 36.3 Å². The van der Waals surface area contributed by atoms with Crippen LogP contribution in [-0.4, -0.2) is 50.8 Å². The van der Waals surface area contributed by atoms with Crippen molar-refractivity contribution in [3.8, 4) is 0 Å². The van der Waals surface area contributed by atoms with Gasteiger partial charge in [-0.25, -0.2) is 9.59 Å². The van der Waals surface area contributed by atoms with E-state index in [0.29, 0.717) is 16.1 Å². The monoisotopic (exact) mass is 451 g/mol. The predicted molar refractivity (Wildman–Crippen MR) is 90.5 cm³/mol. The summed E-state index contributed by atoms with van der Waals surface area (Å²) in [6.45, 7) is 1.96. The summed E-state index contributed by atoms with van der Waals surface area (Å²) in [5, 5.41) is 22.2. The fourth-order valence-electron chi connectivity index (χ4n) is 2.38. The molecule has 0 aromatic carbocycles. The molecule has 0 spiro atoms. The SMILES string of the molecule is C[C@H]1O[C@@H](n2cc(I)c(NC(=O)OCC3CC3)nc2=O)C(O)C1O. The summed E-state index contributed by atoms with van der Waals surface area (Å²) in [6.07, 6.45) is -1.09. The molecular weight excluding hydrogens is 433 g/mol. The molecule has 1 saturated carbocycles. The number of nitrogens with one attached hydrogen (secondary N) is 1. The van der Waals surface area contributed by atoms with Gasteiger partial charge in [-0.3, -0.25) is 9.88 Å². The molecule has 4 atom stereocenters. The van der Waals surface area contributed by atoms with E-state index in [1.807, 2.05) is 22.6 Å². The van der Waals surface area contributed by atoms with E-state index in [0.717, 1.165) is 17.4 Å². The molecule has 1 saturated heterocycles. The van der Waals surface area contributed by atoms with Crippen molar-refractivity contribution in [2.75, 3.05) is 11.9 Å². The molecule has 10 heteroatoms. The first kappa shape index (κ1) is 17.6. The van der Waals surface area contributed by atoms with E-state index in [1.54, 1.807) is 6.92 Å². The van der Waals surface area contributed by atoms with Crippen molar-refractivity contribution in [3.63, 3.8) is 0 Å². The van der Waals surface area contributed by atoms with Gasteiger partial charge in [0.2, 0.25) is 0 Å². The Hall–Kier alpha value is -1.24. The number of hydrogen-bond acceptors (Lipinski definition) is 7. The van der Waals surface area contributed by atoms with Crippen LogP contribution >= 0.6 is 22.6 Å². The number of aromatic nitrogens is 2. The summed E-state index contributed by atoms with van der Waals surface area (Å²) in [5.74, 6) is 0.518. The van der Waals surface area contributed by atoms with Gasteiger partial charge >= 0.3 is 11.8 Å². The van der Waals surface area contributed by atoms with Crippen molar-refractivity contribution >= 4 is 34.5 Å². The Labute approximate surface area is 151 Å². The lowest BCUT2D eigenvalue weighted by Gasteiger charge is -2.18. The quantitative estimate of drug-likeness (QED) is 0.568. The Morgan fingerprint density at radius 3 is 2.79 bits per heavy atom. The minimum absolute atomic E-state index is 0.0822. The van der Waals surface area contributed by atoms with Crippen molar-refractivity contribution in [2.45, 2.75) is 44.3 Å². The van der Waals surface area contributed by atoms with Gasteiger partial charge in [-0.05, 0) is 48.3 Å². The molecule has 9 nitrogen and oxygen atoms in total. The van der Waals surface area contributed by atoms with E-state index >= 15 is 0 Å². The summed E-state index contributed by atoms with van der Waals surface area (Å²) in [6, 6.07) is 0. The second kappa shape index (κ2) is 6.94. The van der Waals surface area contributed by atoms with Crippen molar-refractivity contribution in [2.24, 2.45) is 5.92 Å². The number of rotatable bonds is 4. The highest BCUT2D eigenvalue weighted by Gasteiger charge is 2.42. The van der Waals surface area contributed by atoms with Gasteiger partial charge in [0, 0.05) is 6.20 Å². The van der Waals surface area contributed by atoms with Crippen molar-refractivity contribution in [3.05, 3.63) is 20.3 Å². The van der Waals surface area contributed by atoms with Gasteiger partial charge in [0.15, 0.2) is 12.0 Å². The number of halogens is 1. The number of carbonyl (C=O) groups is 1. The van der Waals surface area contributed by atoms with Gasteiger partial charge in [-0.2, -0.15) is 4.98 Å². The third kappa shape index (κ3) is 3.71. The van der Waals surface area contributed by atoms with Gasteiger partial charge in [-0.1, -0.05) is 0 Å². The van der Waals surface area contributed by atoms with Crippen LogP contribution in [0.15, 0.2) is 11.0 Å². The van der Waals surface area contributed by atoms with Crippen LogP contribution in [0.4, 0.5) is 10.6 Å². The van der Waals surface area contributed by atoms with Crippen LogP contribution in [0.2, 0.25) is 0 Å². The Morgan fingerprint density at radius 2 is 2.21 bits per heavy atom. The first-order valence-corrected chi connectivity index (χ1v) is 8.68. The normalized spacial score (nSPS) is 29.5. The molecule has 132 valence electrons. The molecule has 2 aliphatic rings. The topological polar surface area (TPSA) is 123 Å². The molecular formula is C14H18IN3O6. The maximum Gasteiger partial charge on any atom is 0.412 e. The Balaban J connectivity index is 1.73. The lowest BCUT2D eigenvalue weighted by atomic mass is 10.1. The molecule has 24 heavy (non-hydrogen) atoms. The van der Waals surface area contributed by atoms with E-state index in [2.05, 4.69) is 10.3 Å². The lowest BCUT2D eigenvalue weighted by Crippen LogP contribution is -2.36. The molecule has 2 unspecified atom stereocenters. The van der Waals surface area contributed by atoms with Gasteiger partial charge in [0.25, 0.3) is 0 Å². The zero-order valence-corrected chi connectivity index (χ0v) is 15.0. The van der Waals surface area contributed by atoms with Gasteiger partial charge < -0.3 is 19.7 Å². The molecule has 1 aliphatic heterocycles. The Kier molecular flexibility index (Phi) is 5.08. The van der Waals surface area contributed by atoms with Crippen molar-refractivity contribution in [1.29, 1.82) is 0 Å². The first-order valence-electron chi connectivity index (χ1n) is 7.61. The third-order valence-electron chi connectivity index (χ3n) is 4.03.